The van der Waals surface area contributed by atoms with Crippen LogP contribution in [0, 0.1) is 0 Å². The minimum atomic E-state index is -1.28. The highest BCUT2D eigenvalue weighted by molar-refractivity contribution is 5.84. The third kappa shape index (κ3) is 4.05. The number of rotatable bonds is 5. The standard InChI is InChI=1S/C17H26N2O2/c1-17(21,11-9-14-7-5-4-6-8-14)16(20)19-12-10-15(13-19)18(2)3/h4-8,15,21H,9-13H2,1-3H3/t15-,17+/m1/s1. The molecule has 2 atom stereocenters. The Hall–Kier alpha value is -1.39. The first kappa shape index (κ1) is 16.0. The van der Waals surface area contributed by atoms with Gasteiger partial charge in [-0.15, -0.1) is 0 Å². The van der Waals surface area contributed by atoms with E-state index in [-0.39, 0.29) is 5.91 Å². The molecule has 0 spiro atoms. The number of likely N-dealkylation sites (tertiary alicyclic amines) is 1. The Labute approximate surface area is 127 Å². The highest BCUT2D eigenvalue weighted by Gasteiger charge is 2.37. The molecule has 1 fully saturated rings. The lowest BCUT2D eigenvalue weighted by atomic mass is 9.95. The van der Waals surface area contributed by atoms with Gasteiger partial charge in [0.2, 0.25) is 0 Å². The topological polar surface area (TPSA) is 43.8 Å². The molecule has 1 aromatic rings. The third-order valence-corrected chi connectivity index (χ3v) is 4.38. The lowest BCUT2D eigenvalue weighted by molar-refractivity contribution is -0.149. The van der Waals surface area contributed by atoms with Crippen LogP contribution in [0.15, 0.2) is 30.3 Å². The Morgan fingerprint density at radius 1 is 1.38 bits per heavy atom. The summed E-state index contributed by atoms with van der Waals surface area (Å²) in [5.41, 5.74) is -0.130. The molecule has 0 saturated carbocycles. The van der Waals surface area contributed by atoms with Crippen LogP contribution in [0.25, 0.3) is 0 Å². The zero-order valence-corrected chi connectivity index (χ0v) is 13.2. The molecule has 2 rings (SSSR count). The minimum absolute atomic E-state index is 0.136. The summed E-state index contributed by atoms with van der Waals surface area (Å²) in [5.74, 6) is -0.136. The van der Waals surface area contributed by atoms with E-state index in [1.807, 2.05) is 44.4 Å². The van der Waals surface area contributed by atoms with E-state index in [0.717, 1.165) is 18.5 Å². The van der Waals surface area contributed by atoms with Gasteiger partial charge in [0.15, 0.2) is 0 Å². The highest BCUT2D eigenvalue weighted by atomic mass is 16.3. The van der Waals surface area contributed by atoms with E-state index >= 15 is 0 Å². The van der Waals surface area contributed by atoms with Gasteiger partial charge in [-0.1, -0.05) is 30.3 Å². The first-order chi connectivity index (χ1) is 9.90. The monoisotopic (exact) mass is 290 g/mol. The second-order valence-corrected chi connectivity index (χ2v) is 6.42. The summed E-state index contributed by atoms with van der Waals surface area (Å²) in [6.07, 6.45) is 2.15. The molecule has 21 heavy (non-hydrogen) atoms. The SMILES string of the molecule is CN(C)[C@@H]1CCN(C(=O)[C@@](C)(O)CCc2ccccc2)C1. The van der Waals surface area contributed by atoms with Gasteiger partial charge in [-0.25, -0.2) is 0 Å². The lowest BCUT2D eigenvalue weighted by Gasteiger charge is -2.28. The van der Waals surface area contributed by atoms with Gasteiger partial charge < -0.3 is 14.9 Å². The molecular formula is C17H26N2O2. The average molecular weight is 290 g/mol. The molecule has 1 aliphatic heterocycles. The van der Waals surface area contributed by atoms with Crippen LogP contribution in [-0.2, 0) is 11.2 Å². The predicted octanol–water partition coefficient (Wildman–Crippen LogP) is 1.53. The van der Waals surface area contributed by atoms with Crippen LogP contribution in [0.2, 0.25) is 0 Å². The van der Waals surface area contributed by atoms with Crippen LogP contribution in [0.3, 0.4) is 0 Å². The number of carbonyl (C=O) groups excluding carboxylic acids is 1. The van der Waals surface area contributed by atoms with Crippen molar-refractivity contribution in [2.75, 3.05) is 27.2 Å². The van der Waals surface area contributed by atoms with Crippen molar-refractivity contribution in [3.05, 3.63) is 35.9 Å². The number of amides is 1. The van der Waals surface area contributed by atoms with E-state index in [1.54, 1.807) is 11.8 Å². The van der Waals surface area contributed by atoms with Gasteiger partial charge in [0.05, 0.1) is 0 Å². The highest BCUT2D eigenvalue weighted by Crippen LogP contribution is 2.21. The summed E-state index contributed by atoms with van der Waals surface area (Å²) >= 11 is 0. The fraction of sp³-hybridized carbons (Fsp3) is 0.588. The molecule has 0 bridgehead atoms. The predicted molar refractivity (Wildman–Crippen MR) is 84.1 cm³/mol. The van der Waals surface area contributed by atoms with E-state index in [0.29, 0.717) is 25.4 Å². The van der Waals surface area contributed by atoms with Crippen molar-refractivity contribution in [2.24, 2.45) is 0 Å². The van der Waals surface area contributed by atoms with Crippen LogP contribution >= 0.6 is 0 Å². The van der Waals surface area contributed by atoms with Crippen LogP contribution in [-0.4, -0.2) is 59.6 Å². The third-order valence-electron chi connectivity index (χ3n) is 4.38. The van der Waals surface area contributed by atoms with Gasteiger partial charge in [0, 0.05) is 19.1 Å². The first-order valence-electron chi connectivity index (χ1n) is 7.62. The molecule has 1 amide bonds. The lowest BCUT2D eigenvalue weighted by Crippen LogP contribution is -2.47. The molecule has 1 saturated heterocycles. The van der Waals surface area contributed by atoms with Crippen molar-refractivity contribution in [3.63, 3.8) is 0 Å². The molecule has 0 aromatic heterocycles. The molecule has 4 nitrogen and oxygen atoms in total. The van der Waals surface area contributed by atoms with Crippen molar-refractivity contribution < 1.29 is 9.90 Å². The first-order valence-corrected chi connectivity index (χ1v) is 7.62. The molecule has 1 aliphatic rings. The van der Waals surface area contributed by atoms with Gasteiger partial charge in [-0.2, -0.15) is 0 Å². The molecule has 0 radical (unpaired) electrons. The van der Waals surface area contributed by atoms with Crippen molar-refractivity contribution in [1.82, 2.24) is 9.80 Å². The number of benzene rings is 1. The van der Waals surface area contributed by atoms with Crippen molar-refractivity contribution in [3.8, 4) is 0 Å². The molecule has 0 unspecified atom stereocenters. The summed E-state index contributed by atoms with van der Waals surface area (Å²) in [7, 11) is 4.07. The van der Waals surface area contributed by atoms with E-state index < -0.39 is 5.60 Å². The van der Waals surface area contributed by atoms with Crippen molar-refractivity contribution >= 4 is 5.91 Å². The van der Waals surface area contributed by atoms with Crippen LogP contribution in [0.4, 0.5) is 0 Å². The van der Waals surface area contributed by atoms with E-state index in [4.69, 9.17) is 0 Å². The fourth-order valence-electron chi connectivity index (χ4n) is 2.83. The summed E-state index contributed by atoms with van der Waals surface area (Å²) in [4.78, 5) is 16.5. The quantitative estimate of drug-likeness (QED) is 0.894. The zero-order valence-electron chi connectivity index (χ0n) is 13.2. The van der Waals surface area contributed by atoms with Crippen molar-refractivity contribution in [2.45, 2.75) is 37.8 Å². The average Bonchev–Trinajstić information content (AvgIpc) is 2.95. The van der Waals surface area contributed by atoms with Crippen molar-refractivity contribution in [1.29, 1.82) is 0 Å². The molecule has 0 aliphatic carbocycles. The number of aryl methyl sites for hydroxylation is 1. The molecule has 1 heterocycles. The Kier molecular flexibility index (Phi) is 5.01. The maximum absolute atomic E-state index is 12.5. The number of aliphatic hydroxyl groups is 1. The van der Waals surface area contributed by atoms with Gasteiger partial charge in [-0.05, 0) is 45.8 Å². The summed E-state index contributed by atoms with van der Waals surface area (Å²) in [6.45, 7) is 3.09. The second kappa shape index (κ2) is 6.58. The minimum Gasteiger partial charge on any atom is -0.380 e. The normalized spacial score (nSPS) is 21.6. The van der Waals surface area contributed by atoms with E-state index in [2.05, 4.69) is 4.90 Å². The Balaban J connectivity index is 1.91. The second-order valence-electron chi connectivity index (χ2n) is 6.42. The molecule has 1 aromatic carbocycles. The van der Waals surface area contributed by atoms with E-state index in [1.165, 1.54) is 0 Å². The van der Waals surface area contributed by atoms with Gasteiger partial charge >= 0.3 is 0 Å². The molecular weight excluding hydrogens is 264 g/mol. The van der Waals surface area contributed by atoms with Gasteiger partial charge in [-0.3, -0.25) is 4.79 Å². The Morgan fingerprint density at radius 2 is 2.05 bits per heavy atom. The zero-order chi connectivity index (χ0) is 15.5. The molecule has 116 valence electrons. The van der Waals surface area contributed by atoms with Gasteiger partial charge in [0.25, 0.3) is 5.91 Å². The number of likely N-dealkylation sites (N-methyl/N-ethyl adjacent to an activating group) is 1. The Morgan fingerprint density at radius 3 is 2.62 bits per heavy atom. The number of hydrogen-bond donors (Lipinski definition) is 1. The van der Waals surface area contributed by atoms with E-state index in [9.17, 15) is 9.90 Å². The maximum atomic E-state index is 12.5. The van der Waals surface area contributed by atoms with Gasteiger partial charge in [0.1, 0.15) is 5.60 Å². The number of hydrogen-bond acceptors (Lipinski definition) is 3. The number of carbonyl (C=O) groups is 1. The largest absolute Gasteiger partial charge is 0.380 e. The fourth-order valence-corrected chi connectivity index (χ4v) is 2.83. The maximum Gasteiger partial charge on any atom is 0.254 e. The summed E-state index contributed by atoms with van der Waals surface area (Å²) in [6, 6.07) is 10.4. The summed E-state index contributed by atoms with van der Waals surface area (Å²) in [5, 5.41) is 10.5. The smallest absolute Gasteiger partial charge is 0.254 e. The Bertz CT molecular complexity index is 471. The number of nitrogens with zero attached hydrogens (tertiary/aromatic N) is 2. The molecule has 1 N–H and O–H groups in total. The van der Waals surface area contributed by atoms with Crippen LogP contribution in [0.5, 0.6) is 0 Å². The summed E-state index contributed by atoms with van der Waals surface area (Å²) < 4.78 is 0. The molecule has 4 heteroatoms. The van der Waals surface area contributed by atoms with Crippen LogP contribution < -0.4 is 0 Å². The van der Waals surface area contributed by atoms with Crippen LogP contribution in [0.1, 0.15) is 25.3 Å².